The molecule has 1 unspecified atom stereocenters. The number of hydrogen-bond acceptors (Lipinski definition) is 2. The molecule has 1 aromatic carbocycles. The van der Waals surface area contributed by atoms with Crippen LogP contribution in [0.25, 0.3) is 0 Å². The topological polar surface area (TPSA) is 29.3 Å². The highest BCUT2D eigenvalue weighted by atomic mass is 15.2. The summed E-state index contributed by atoms with van der Waals surface area (Å²) in [7, 11) is 2.18. The molecule has 2 fully saturated rings. The third kappa shape index (κ3) is 1.80. The van der Waals surface area contributed by atoms with Crippen LogP contribution in [-0.2, 0) is 5.41 Å². The lowest BCUT2D eigenvalue weighted by atomic mass is 9.86. The summed E-state index contributed by atoms with van der Waals surface area (Å²) in [5.74, 6) is 0.750. The number of benzene rings is 1. The highest BCUT2D eigenvalue weighted by Crippen LogP contribution is 2.50. The summed E-state index contributed by atoms with van der Waals surface area (Å²) in [6.07, 6.45) is 2.52. The zero-order chi connectivity index (χ0) is 12.0. The van der Waals surface area contributed by atoms with Gasteiger partial charge in [0.15, 0.2) is 0 Å². The summed E-state index contributed by atoms with van der Waals surface area (Å²) in [6.45, 7) is 4.55. The Morgan fingerprint density at radius 1 is 1.24 bits per heavy atom. The maximum atomic E-state index is 6.11. The molecule has 1 saturated carbocycles. The van der Waals surface area contributed by atoms with E-state index in [9.17, 15) is 0 Å². The molecule has 17 heavy (non-hydrogen) atoms. The molecule has 0 spiro atoms. The zero-order valence-electron chi connectivity index (χ0n) is 10.8. The predicted octanol–water partition coefficient (Wildman–Crippen LogP) is 2.09. The van der Waals surface area contributed by atoms with Crippen LogP contribution in [0.2, 0.25) is 0 Å². The van der Waals surface area contributed by atoms with Gasteiger partial charge in [-0.15, -0.1) is 0 Å². The van der Waals surface area contributed by atoms with Gasteiger partial charge in [-0.2, -0.15) is 0 Å². The predicted molar refractivity (Wildman–Crippen MR) is 71.2 cm³/mol. The van der Waals surface area contributed by atoms with E-state index in [2.05, 4.69) is 43.1 Å². The second kappa shape index (κ2) is 3.82. The molecule has 3 rings (SSSR count). The van der Waals surface area contributed by atoms with Crippen molar-refractivity contribution >= 4 is 0 Å². The Morgan fingerprint density at radius 2 is 1.82 bits per heavy atom. The van der Waals surface area contributed by atoms with Crippen molar-refractivity contribution in [2.24, 2.45) is 5.73 Å². The van der Waals surface area contributed by atoms with Crippen molar-refractivity contribution in [2.75, 3.05) is 20.1 Å². The lowest BCUT2D eigenvalue weighted by Gasteiger charge is -2.36. The van der Waals surface area contributed by atoms with E-state index in [1.54, 1.807) is 0 Å². The van der Waals surface area contributed by atoms with Crippen LogP contribution in [0.3, 0.4) is 0 Å². The van der Waals surface area contributed by atoms with Crippen LogP contribution in [0.1, 0.15) is 36.8 Å². The van der Waals surface area contributed by atoms with Crippen molar-refractivity contribution in [3.63, 3.8) is 0 Å². The normalized spacial score (nSPS) is 25.4. The molecule has 1 saturated heterocycles. The lowest BCUT2D eigenvalue weighted by molar-refractivity contribution is 0.190. The first-order valence-corrected chi connectivity index (χ1v) is 6.66. The van der Waals surface area contributed by atoms with Crippen LogP contribution in [0.5, 0.6) is 0 Å². The maximum Gasteiger partial charge on any atom is 0.0108 e. The molecular weight excluding hydrogens is 208 g/mol. The SMILES string of the molecule is CC(N)C1(c2ccc(C3CN(C)C3)cc2)CC1. The second-order valence-electron chi connectivity index (χ2n) is 5.98. The first-order chi connectivity index (χ1) is 8.12. The molecular formula is C15H22N2. The Kier molecular flexibility index (Phi) is 2.53. The van der Waals surface area contributed by atoms with Crippen molar-refractivity contribution in [1.29, 1.82) is 0 Å². The second-order valence-corrected chi connectivity index (χ2v) is 5.98. The highest BCUT2D eigenvalue weighted by molar-refractivity contribution is 5.37. The van der Waals surface area contributed by atoms with E-state index < -0.39 is 0 Å². The summed E-state index contributed by atoms with van der Waals surface area (Å²) in [6, 6.07) is 9.53. The Bertz CT molecular complexity index is 397. The fourth-order valence-corrected chi connectivity index (χ4v) is 3.14. The molecule has 0 amide bonds. The van der Waals surface area contributed by atoms with Crippen molar-refractivity contribution in [1.82, 2.24) is 4.90 Å². The molecule has 2 N–H and O–H groups in total. The van der Waals surface area contributed by atoms with Crippen molar-refractivity contribution in [3.8, 4) is 0 Å². The molecule has 0 aromatic heterocycles. The van der Waals surface area contributed by atoms with Gasteiger partial charge in [-0.25, -0.2) is 0 Å². The van der Waals surface area contributed by atoms with Gasteiger partial charge in [-0.1, -0.05) is 24.3 Å². The summed E-state index contributed by atoms with van der Waals surface area (Å²) < 4.78 is 0. The Hall–Kier alpha value is -0.860. The van der Waals surface area contributed by atoms with Gasteiger partial charge in [-0.05, 0) is 37.9 Å². The average molecular weight is 230 g/mol. The highest BCUT2D eigenvalue weighted by Gasteiger charge is 2.47. The van der Waals surface area contributed by atoms with E-state index in [1.807, 2.05) is 0 Å². The number of hydrogen-bond donors (Lipinski definition) is 1. The quantitative estimate of drug-likeness (QED) is 0.861. The van der Waals surface area contributed by atoms with Gasteiger partial charge in [0.2, 0.25) is 0 Å². The van der Waals surface area contributed by atoms with Crippen LogP contribution < -0.4 is 5.73 Å². The van der Waals surface area contributed by atoms with Gasteiger partial charge in [0.25, 0.3) is 0 Å². The molecule has 0 bridgehead atoms. The van der Waals surface area contributed by atoms with Crippen molar-refractivity contribution in [2.45, 2.75) is 37.1 Å². The van der Waals surface area contributed by atoms with E-state index in [0.29, 0.717) is 5.41 Å². The third-order valence-electron chi connectivity index (χ3n) is 4.68. The third-order valence-corrected chi connectivity index (χ3v) is 4.68. The van der Waals surface area contributed by atoms with Gasteiger partial charge < -0.3 is 10.6 Å². The molecule has 2 aliphatic rings. The van der Waals surface area contributed by atoms with Gasteiger partial charge in [0.1, 0.15) is 0 Å². The monoisotopic (exact) mass is 230 g/mol. The smallest absolute Gasteiger partial charge is 0.0108 e. The average Bonchev–Trinajstić information content (AvgIpc) is 3.06. The van der Waals surface area contributed by atoms with Crippen LogP contribution in [-0.4, -0.2) is 31.1 Å². The minimum atomic E-state index is 0.281. The van der Waals surface area contributed by atoms with Gasteiger partial charge >= 0.3 is 0 Å². The van der Waals surface area contributed by atoms with Gasteiger partial charge in [-0.3, -0.25) is 0 Å². The molecule has 2 nitrogen and oxygen atoms in total. The number of nitrogens with zero attached hydrogens (tertiary/aromatic N) is 1. The first-order valence-electron chi connectivity index (χ1n) is 6.66. The summed E-state index contributed by atoms with van der Waals surface area (Å²) in [4.78, 5) is 2.36. The summed E-state index contributed by atoms with van der Waals surface area (Å²) in [5.41, 5.74) is 9.35. The van der Waals surface area contributed by atoms with Gasteiger partial charge in [0, 0.05) is 30.5 Å². The van der Waals surface area contributed by atoms with E-state index >= 15 is 0 Å². The van der Waals surface area contributed by atoms with Crippen molar-refractivity contribution < 1.29 is 0 Å². The molecule has 0 radical (unpaired) electrons. The van der Waals surface area contributed by atoms with Crippen molar-refractivity contribution in [3.05, 3.63) is 35.4 Å². The number of nitrogens with two attached hydrogens (primary N) is 1. The van der Waals surface area contributed by atoms with E-state index in [0.717, 1.165) is 5.92 Å². The fourth-order valence-electron chi connectivity index (χ4n) is 3.14. The Morgan fingerprint density at radius 3 is 2.24 bits per heavy atom. The fraction of sp³-hybridized carbons (Fsp3) is 0.600. The lowest BCUT2D eigenvalue weighted by Crippen LogP contribution is -2.41. The van der Waals surface area contributed by atoms with Crippen LogP contribution >= 0.6 is 0 Å². The molecule has 1 aliphatic heterocycles. The number of likely N-dealkylation sites (tertiary alicyclic amines) is 1. The maximum absolute atomic E-state index is 6.11. The van der Waals surface area contributed by atoms with Crippen LogP contribution in [0.4, 0.5) is 0 Å². The molecule has 92 valence electrons. The zero-order valence-corrected chi connectivity index (χ0v) is 10.8. The van der Waals surface area contributed by atoms with Gasteiger partial charge in [0.05, 0.1) is 0 Å². The molecule has 2 heteroatoms. The summed E-state index contributed by atoms with van der Waals surface area (Å²) in [5, 5.41) is 0. The Labute approximate surface area is 104 Å². The largest absolute Gasteiger partial charge is 0.327 e. The minimum absolute atomic E-state index is 0.281. The van der Waals surface area contributed by atoms with Crippen LogP contribution in [0, 0.1) is 0 Å². The minimum Gasteiger partial charge on any atom is -0.327 e. The molecule has 1 atom stereocenters. The molecule has 1 heterocycles. The van der Waals surface area contributed by atoms with E-state index in [1.165, 1.54) is 37.1 Å². The van der Waals surface area contributed by atoms with E-state index in [4.69, 9.17) is 5.73 Å². The molecule has 1 aliphatic carbocycles. The standard InChI is InChI=1S/C15H22N2/c1-11(16)15(7-8-15)14-5-3-12(4-6-14)13-9-17(2)10-13/h3-6,11,13H,7-10,16H2,1-2H3. The first kappa shape index (κ1) is 11.2. The molecule has 1 aromatic rings. The number of rotatable bonds is 3. The summed E-state index contributed by atoms with van der Waals surface area (Å²) >= 11 is 0. The van der Waals surface area contributed by atoms with Crippen LogP contribution in [0.15, 0.2) is 24.3 Å². The number of likely N-dealkylation sites (N-methyl/N-ethyl adjacent to an activating group) is 1. The van der Waals surface area contributed by atoms with E-state index in [-0.39, 0.29) is 6.04 Å². The Balaban J connectivity index is 1.77.